The van der Waals surface area contributed by atoms with Crippen LogP contribution in [-0.4, -0.2) is 25.3 Å². The maximum absolute atomic E-state index is 10.1. The number of halogens is 1. The standard InChI is InChI=1S/C17H18ClN5OS.2H2/c1-17(2,24)13-6-5-12(25-13)16-19-8-10(18)15(21-16)20-14-7-11(22-23-14)9-3-4-9;;/h5-9,24H,3-4H2,1-2H3,(H2,19,20,21,22,23);2*1H. The van der Waals surface area contributed by atoms with Gasteiger partial charge in [-0.05, 0) is 38.8 Å². The summed E-state index contributed by atoms with van der Waals surface area (Å²) in [6.07, 6.45) is 3.99. The molecule has 0 aliphatic heterocycles. The number of anilines is 2. The van der Waals surface area contributed by atoms with Crippen LogP contribution in [0.5, 0.6) is 0 Å². The highest BCUT2D eigenvalue weighted by Gasteiger charge is 2.25. The van der Waals surface area contributed by atoms with Gasteiger partial charge in [-0.3, -0.25) is 5.10 Å². The highest BCUT2D eigenvalue weighted by molar-refractivity contribution is 7.15. The molecule has 0 radical (unpaired) electrons. The molecule has 0 amide bonds. The van der Waals surface area contributed by atoms with E-state index in [1.165, 1.54) is 24.2 Å². The molecular weight excluding hydrogens is 358 g/mol. The van der Waals surface area contributed by atoms with Crippen molar-refractivity contribution in [1.82, 2.24) is 20.2 Å². The van der Waals surface area contributed by atoms with Gasteiger partial charge in [-0.2, -0.15) is 5.10 Å². The Bertz CT molecular complexity index is 920. The molecule has 3 aromatic heterocycles. The molecule has 0 spiro atoms. The molecule has 0 aromatic carbocycles. The van der Waals surface area contributed by atoms with E-state index in [0.717, 1.165) is 15.4 Å². The number of hydrogen-bond donors (Lipinski definition) is 3. The summed E-state index contributed by atoms with van der Waals surface area (Å²) in [5.41, 5.74) is 0.256. The summed E-state index contributed by atoms with van der Waals surface area (Å²) in [7, 11) is 0. The molecule has 3 N–H and O–H groups in total. The minimum atomic E-state index is -0.884. The van der Waals surface area contributed by atoms with E-state index in [1.54, 1.807) is 20.0 Å². The Balaban J connectivity index is 0.00000131. The van der Waals surface area contributed by atoms with Crippen molar-refractivity contribution in [2.75, 3.05) is 5.32 Å². The number of H-pyrrole nitrogens is 1. The first-order chi connectivity index (χ1) is 11.9. The van der Waals surface area contributed by atoms with Gasteiger partial charge in [0, 0.05) is 25.4 Å². The molecule has 4 rings (SSSR count). The molecule has 1 saturated carbocycles. The molecule has 1 aliphatic rings. The SMILES string of the molecule is CC(C)(O)c1ccc(-c2ncc(Cl)c(Nc3cc(C4CC4)[nH]n3)n2)s1.[HH].[HH]. The Morgan fingerprint density at radius 3 is 2.88 bits per heavy atom. The third kappa shape index (κ3) is 3.53. The van der Waals surface area contributed by atoms with Crippen LogP contribution in [0.25, 0.3) is 10.7 Å². The quantitative estimate of drug-likeness (QED) is 0.585. The fourth-order valence-electron chi connectivity index (χ4n) is 2.49. The number of aromatic nitrogens is 4. The first-order valence-electron chi connectivity index (χ1n) is 8.08. The van der Waals surface area contributed by atoms with E-state index in [2.05, 4.69) is 25.5 Å². The summed E-state index contributed by atoms with van der Waals surface area (Å²) < 4.78 is 0. The first kappa shape index (κ1) is 16.5. The summed E-state index contributed by atoms with van der Waals surface area (Å²) in [6.45, 7) is 3.51. The molecule has 3 aromatic rings. The van der Waals surface area contributed by atoms with Crippen molar-refractivity contribution < 1.29 is 7.96 Å². The van der Waals surface area contributed by atoms with Crippen LogP contribution in [0.2, 0.25) is 5.02 Å². The minimum absolute atomic E-state index is 0. The summed E-state index contributed by atoms with van der Waals surface area (Å²) in [5, 5.41) is 21.0. The van der Waals surface area contributed by atoms with Gasteiger partial charge < -0.3 is 10.4 Å². The van der Waals surface area contributed by atoms with Gasteiger partial charge >= 0.3 is 0 Å². The van der Waals surface area contributed by atoms with Crippen molar-refractivity contribution in [3.63, 3.8) is 0 Å². The number of rotatable bonds is 5. The predicted octanol–water partition coefficient (Wildman–Crippen LogP) is 4.92. The second kappa shape index (κ2) is 6.09. The Hall–Kier alpha value is -1.96. The van der Waals surface area contributed by atoms with Gasteiger partial charge in [0.05, 0.1) is 16.7 Å². The van der Waals surface area contributed by atoms with Crippen LogP contribution in [0.1, 0.15) is 46.0 Å². The van der Waals surface area contributed by atoms with Crippen molar-refractivity contribution in [3.05, 3.63) is 40.0 Å². The molecule has 0 unspecified atom stereocenters. The van der Waals surface area contributed by atoms with E-state index in [0.29, 0.717) is 28.4 Å². The van der Waals surface area contributed by atoms with Crippen molar-refractivity contribution in [2.45, 2.75) is 38.2 Å². The molecule has 1 aliphatic carbocycles. The van der Waals surface area contributed by atoms with Crippen LogP contribution in [0, 0.1) is 0 Å². The van der Waals surface area contributed by atoms with Gasteiger partial charge in [-0.25, -0.2) is 9.97 Å². The average molecular weight is 380 g/mol. The van der Waals surface area contributed by atoms with E-state index < -0.39 is 5.60 Å². The van der Waals surface area contributed by atoms with Crippen LogP contribution in [0.3, 0.4) is 0 Å². The maximum Gasteiger partial charge on any atom is 0.171 e. The second-order valence-electron chi connectivity index (χ2n) is 6.72. The number of nitrogens with one attached hydrogen (secondary N) is 2. The van der Waals surface area contributed by atoms with Gasteiger partial charge in [0.15, 0.2) is 17.5 Å². The van der Waals surface area contributed by atoms with Gasteiger partial charge in [-0.15, -0.1) is 11.3 Å². The smallest absolute Gasteiger partial charge is 0.171 e. The predicted molar refractivity (Wildman–Crippen MR) is 104 cm³/mol. The van der Waals surface area contributed by atoms with Crippen LogP contribution < -0.4 is 5.32 Å². The van der Waals surface area contributed by atoms with Crippen LogP contribution in [0.4, 0.5) is 11.6 Å². The van der Waals surface area contributed by atoms with Crippen molar-refractivity contribution in [1.29, 1.82) is 0 Å². The Morgan fingerprint density at radius 1 is 1.40 bits per heavy atom. The lowest BCUT2D eigenvalue weighted by Crippen LogP contribution is -2.12. The van der Waals surface area contributed by atoms with E-state index in [9.17, 15) is 5.11 Å². The van der Waals surface area contributed by atoms with E-state index in [1.807, 2.05) is 18.2 Å². The zero-order valence-corrected chi connectivity index (χ0v) is 15.4. The largest absolute Gasteiger partial charge is 0.385 e. The van der Waals surface area contributed by atoms with Crippen LogP contribution in [0.15, 0.2) is 24.4 Å². The Labute approximate surface area is 157 Å². The molecule has 25 heavy (non-hydrogen) atoms. The Kier molecular flexibility index (Phi) is 4.02. The third-order valence-corrected chi connectivity index (χ3v) is 5.71. The normalized spacial score (nSPS) is 14.7. The molecule has 0 atom stereocenters. The third-order valence-electron chi connectivity index (χ3n) is 4.03. The fraction of sp³-hybridized carbons (Fsp3) is 0.353. The highest BCUT2D eigenvalue weighted by Crippen LogP contribution is 2.40. The fourth-order valence-corrected chi connectivity index (χ4v) is 3.57. The molecule has 0 bridgehead atoms. The highest BCUT2D eigenvalue weighted by atomic mass is 35.5. The lowest BCUT2D eigenvalue weighted by atomic mass is 10.1. The van der Waals surface area contributed by atoms with Crippen molar-refractivity contribution in [2.24, 2.45) is 0 Å². The Morgan fingerprint density at radius 2 is 2.20 bits per heavy atom. The number of nitrogens with zero attached hydrogens (tertiary/aromatic N) is 3. The lowest BCUT2D eigenvalue weighted by molar-refractivity contribution is 0.0825. The minimum Gasteiger partial charge on any atom is -0.385 e. The van der Waals surface area contributed by atoms with E-state index in [4.69, 9.17) is 11.6 Å². The van der Waals surface area contributed by atoms with Gasteiger partial charge in [0.2, 0.25) is 0 Å². The van der Waals surface area contributed by atoms with E-state index in [-0.39, 0.29) is 2.85 Å². The number of aliphatic hydroxyl groups is 1. The summed E-state index contributed by atoms with van der Waals surface area (Å²) in [4.78, 5) is 10.6. The maximum atomic E-state index is 10.1. The van der Waals surface area contributed by atoms with Gasteiger partial charge in [0.1, 0.15) is 5.02 Å². The lowest BCUT2D eigenvalue weighted by Gasteiger charge is -2.13. The topological polar surface area (TPSA) is 86.7 Å². The van der Waals surface area contributed by atoms with Crippen LogP contribution >= 0.6 is 22.9 Å². The van der Waals surface area contributed by atoms with Gasteiger partial charge in [0.25, 0.3) is 0 Å². The molecule has 1 fully saturated rings. The summed E-state index contributed by atoms with van der Waals surface area (Å²) in [5.74, 6) is 2.37. The number of hydrogen-bond acceptors (Lipinski definition) is 6. The molecule has 0 saturated heterocycles. The summed E-state index contributed by atoms with van der Waals surface area (Å²) >= 11 is 7.69. The van der Waals surface area contributed by atoms with Gasteiger partial charge in [-0.1, -0.05) is 11.6 Å². The van der Waals surface area contributed by atoms with Crippen molar-refractivity contribution >= 4 is 34.6 Å². The van der Waals surface area contributed by atoms with E-state index >= 15 is 0 Å². The zero-order chi connectivity index (χ0) is 17.6. The number of aromatic amines is 1. The first-order valence-corrected chi connectivity index (χ1v) is 9.27. The number of thiophene rings is 1. The molecule has 6 nitrogen and oxygen atoms in total. The molecule has 8 heteroatoms. The van der Waals surface area contributed by atoms with Crippen molar-refractivity contribution in [3.8, 4) is 10.7 Å². The van der Waals surface area contributed by atoms with Crippen LogP contribution in [-0.2, 0) is 5.60 Å². The molecule has 134 valence electrons. The zero-order valence-electron chi connectivity index (χ0n) is 13.9. The summed E-state index contributed by atoms with van der Waals surface area (Å²) in [6, 6.07) is 5.79. The molecular formula is C17H22ClN5OS. The average Bonchev–Trinajstić information content (AvgIpc) is 3.09. The second-order valence-corrected chi connectivity index (χ2v) is 8.21. The molecule has 3 heterocycles. The monoisotopic (exact) mass is 379 g/mol.